The van der Waals surface area contributed by atoms with Gasteiger partial charge in [-0.15, -0.1) is 0 Å². The second-order valence-electron chi connectivity index (χ2n) is 7.21. The van der Waals surface area contributed by atoms with Crippen molar-refractivity contribution in [2.45, 2.75) is 44.8 Å². The summed E-state index contributed by atoms with van der Waals surface area (Å²) in [5.74, 6) is 0.721. The molecule has 2 bridgehead atoms. The maximum absolute atomic E-state index is 12.5. The molecular weight excluding hydrogens is 298 g/mol. The number of ketones is 1. The first kappa shape index (κ1) is 15.4. The largest absolute Gasteiger partial charge is 0.508 e. The molecule has 1 N–H and O–H groups in total. The zero-order valence-corrected chi connectivity index (χ0v) is 14.0. The van der Waals surface area contributed by atoms with E-state index in [2.05, 4.69) is 36.1 Å². The van der Waals surface area contributed by atoms with E-state index in [1.165, 1.54) is 11.1 Å². The summed E-state index contributed by atoms with van der Waals surface area (Å²) in [5.41, 5.74) is 3.62. The Morgan fingerprint density at radius 1 is 1.12 bits per heavy atom. The molecule has 3 nitrogen and oxygen atoms in total. The van der Waals surface area contributed by atoms with Crippen molar-refractivity contribution in [2.75, 3.05) is 0 Å². The van der Waals surface area contributed by atoms with Gasteiger partial charge in [0.25, 0.3) is 0 Å². The summed E-state index contributed by atoms with van der Waals surface area (Å²) < 4.78 is 0. The summed E-state index contributed by atoms with van der Waals surface area (Å²) in [4.78, 5) is 15.0. The Labute approximate surface area is 142 Å². The SMILES string of the molecule is Cc1cccc(CN2C3CCC(C(=O)C3)C2c2cccc(O)c2)c1. The molecule has 1 saturated carbocycles. The highest BCUT2D eigenvalue weighted by Gasteiger charge is 2.47. The minimum Gasteiger partial charge on any atom is -0.508 e. The average Bonchev–Trinajstić information content (AvgIpc) is 2.56. The summed E-state index contributed by atoms with van der Waals surface area (Å²) in [6.07, 6.45) is 2.73. The van der Waals surface area contributed by atoms with E-state index in [0.29, 0.717) is 18.2 Å². The number of hydrogen-bond donors (Lipinski definition) is 1. The van der Waals surface area contributed by atoms with Gasteiger partial charge in [-0.1, -0.05) is 42.0 Å². The lowest BCUT2D eigenvalue weighted by molar-refractivity contribution is -0.138. The number of nitrogens with zero attached hydrogens (tertiary/aromatic N) is 1. The number of rotatable bonds is 3. The molecule has 0 amide bonds. The van der Waals surface area contributed by atoms with Crippen LogP contribution in [0.25, 0.3) is 0 Å². The van der Waals surface area contributed by atoms with Gasteiger partial charge in [-0.3, -0.25) is 9.69 Å². The molecule has 124 valence electrons. The fourth-order valence-corrected chi connectivity index (χ4v) is 4.48. The Balaban J connectivity index is 1.70. The zero-order valence-electron chi connectivity index (χ0n) is 14.0. The lowest BCUT2D eigenvalue weighted by atomic mass is 9.71. The molecule has 1 aliphatic carbocycles. The molecule has 24 heavy (non-hydrogen) atoms. The number of aryl methyl sites for hydroxylation is 1. The maximum atomic E-state index is 12.5. The first-order valence-corrected chi connectivity index (χ1v) is 8.75. The molecule has 5 rings (SSSR count). The van der Waals surface area contributed by atoms with E-state index in [1.54, 1.807) is 6.07 Å². The highest BCUT2D eigenvalue weighted by molar-refractivity contribution is 5.84. The van der Waals surface area contributed by atoms with Crippen LogP contribution >= 0.6 is 0 Å². The van der Waals surface area contributed by atoms with Gasteiger partial charge in [-0.05, 0) is 43.0 Å². The molecule has 2 heterocycles. The third kappa shape index (κ3) is 2.73. The van der Waals surface area contributed by atoms with Crippen LogP contribution in [0.1, 0.15) is 42.0 Å². The Bertz CT molecular complexity index is 770. The molecule has 2 aromatic carbocycles. The number of hydrogen-bond acceptors (Lipinski definition) is 3. The van der Waals surface area contributed by atoms with Gasteiger partial charge in [-0.25, -0.2) is 0 Å². The molecular formula is C21H23NO2. The maximum Gasteiger partial charge on any atom is 0.139 e. The van der Waals surface area contributed by atoms with Gasteiger partial charge in [0.05, 0.1) is 0 Å². The van der Waals surface area contributed by atoms with Crippen molar-refractivity contribution < 1.29 is 9.90 Å². The smallest absolute Gasteiger partial charge is 0.139 e. The highest BCUT2D eigenvalue weighted by atomic mass is 16.3. The van der Waals surface area contributed by atoms with E-state index in [4.69, 9.17) is 0 Å². The predicted octanol–water partition coefficient (Wildman–Crippen LogP) is 4.00. The number of piperidine rings is 2. The summed E-state index contributed by atoms with van der Waals surface area (Å²) in [7, 11) is 0. The summed E-state index contributed by atoms with van der Waals surface area (Å²) in [5, 5.41) is 9.89. The molecule has 3 fully saturated rings. The van der Waals surface area contributed by atoms with Crippen molar-refractivity contribution in [2.24, 2.45) is 5.92 Å². The van der Waals surface area contributed by atoms with Gasteiger partial charge < -0.3 is 5.11 Å². The number of benzene rings is 2. The molecule has 3 aliphatic rings. The molecule has 3 unspecified atom stereocenters. The van der Waals surface area contributed by atoms with Gasteiger partial charge in [0.15, 0.2) is 0 Å². The number of fused-ring (bicyclic) bond motifs is 3. The number of carbonyl (C=O) groups is 1. The van der Waals surface area contributed by atoms with E-state index in [9.17, 15) is 9.90 Å². The second kappa shape index (κ2) is 6.06. The van der Waals surface area contributed by atoms with E-state index in [-0.39, 0.29) is 17.7 Å². The van der Waals surface area contributed by atoms with Gasteiger partial charge in [0, 0.05) is 31.0 Å². The third-order valence-corrected chi connectivity index (χ3v) is 5.53. The minimum atomic E-state index is 0.0570. The van der Waals surface area contributed by atoms with Crippen LogP contribution in [0.4, 0.5) is 0 Å². The number of phenolic OH excluding ortho intramolecular Hbond substituents is 1. The molecule has 2 aromatic rings. The zero-order chi connectivity index (χ0) is 16.7. The molecule has 0 radical (unpaired) electrons. The van der Waals surface area contributed by atoms with E-state index in [1.807, 2.05) is 18.2 Å². The summed E-state index contributed by atoms with van der Waals surface area (Å²) in [6, 6.07) is 16.4. The first-order valence-electron chi connectivity index (χ1n) is 8.75. The molecule has 3 heteroatoms. The fourth-order valence-electron chi connectivity index (χ4n) is 4.48. The quantitative estimate of drug-likeness (QED) is 0.929. The standard InChI is InChI=1S/C21H23NO2/c1-14-4-2-5-15(10-14)13-22-17-8-9-19(20(24)12-17)21(22)16-6-3-7-18(23)11-16/h2-7,10-11,17,19,21,23H,8-9,12-13H2,1H3. The minimum absolute atomic E-state index is 0.0570. The van der Waals surface area contributed by atoms with Gasteiger partial charge in [0.2, 0.25) is 0 Å². The van der Waals surface area contributed by atoms with Crippen molar-refractivity contribution in [3.05, 3.63) is 65.2 Å². The summed E-state index contributed by atoms with van der Waals surface area (Å²) in [6.45, 7) is 2.97. The van der Waals surface area contributed by atoms with Gasteiger partial charge in [-0.2, -0.15) is 0 Å². The predicted molar refractivity (Wildman–Crippen MR) is 93.7 cm³/mol. The molecule has 3 atom stereocenters. The van der Waals surface area contributed by atoms with Crippen LogP contribution in [0.3, 0.4) is 0 Å². The lowest BCUT2D eigenvalue weighted by Crippen LogP contribution is -2.53. The van der Waals surface area contributed by atoms with Gasteiger partial charge >= 0.3 is 0 Å². The molecule has 2 aliphatic heterocycles. The lowest BCUT2D eigenvalue weighted by Gasteiger charge is -2.50. The van der Waals surface area contributed by atoms with Crippen LogP contribution in [-0.2, 0) is 11.3 Å². The van der Waals surface area contributed by atoms with E-state index < -0.39 is 0 Å². The summed E-state index contributed by atoms with van der Waals surface area (Å²) >= 11 is 0. The third-order valence-electron chi connectivity index (χ3n) is 5.53. The molecule has 0 aromatic heterocycles. The van der Waals surface area contributed by atoms with E-state index >= 15 is 0 Å². The van der Waals surface area contributed by atoms with Crippen LogP contribution in [-0.4, -0.2) is 21.8 Å². The van der Waals surface area contributed by atoms with Crippen LogP contribution in [0.15, 0.2) is 48.5 Å². The van der Waals surface area contributed by atoms with Crippen LogP contribution < -0.4 is 0 Å². The normalized spacial score (nSPS) is 26.7. The average molecular weight is 321 g/mol. The number of aromatic hydroxyl groups is 1. The fraction of sp³-hybridized carbons (Fsp3) is 0.381. The molecule has 2 saturated heterocycles. The Hall–Kier alpha value is -2.13. The van der Waals surface area contributed by atoms with Gasteiger partial charge in [0.1, 0.15) is 11.5 Å². The topological polar surface area (TPSA) is 40.5 Å². The highest BCUT2D eigenvalue weighted by Crippen LogP contribution is 2.46. The van der Waals surface area contributed by atoms with Crippen LogP contribution in [0.2, 0.25) is 0 Å². The van der Waals surface area contributed by atoms with Crippen molar-refractivity contribution in [3.63, 3.8) is 0 Å². The monoisotopic (exact) mass is 321 g/mol. The number of phenols is 1. The molecule has 0 spiro atoms. The van der Waals surface area contributed by atoms with Crippen molar-refractivity contribution in [3.8, 4) is 5.75 Å². The van der Waals surface area contributed by atoms with E-state index in [0.717, 1.165) is 24.9 Å². The van der Waals surface area contributed by atoms with Crippen LogP contribution in [0.5, 0.6) is 5.75 Å². The Kier molecular flexibility index (Phi) is 3.89. The van der Waals surface area contributed by atoms with Crippen molar-refractivity contribution in [1.82, 2.24) is 4.90 Å². The Morgan fingerprint density at radius 2 is 1.96 bits per heavy atom. The van der Waals surface area contributed by atoms with Crippen molar-refractivity contribution in [1.29, 1.82) is 0 Å². The van der Waals surface area contributed by atoms with Crippen LogP contribution in [0, 0.1) is 12.8 Å². The first-order chi connectivity index (χ1) is 11.6. The Morgan fingerprint density at radius 3 is 2.71 bits per heavy atom. The number of carbonyl (C=O) groups excluding carboxylic acids is 1. The second-order valence-corrected chi connectivity index (χ2v) is 7.21. The number of Topliss-reactive ketones (excluding diaryl/α,β-unsaturated/α-hetero) is 1. The van der Waals surface area contributed by atoms with Crippen molar-refractivity contribution >= 4 is 5.78 Å².